The van der Waals surface area contributed by atoms with Crippen LogP contribution in [0.1, 0.15) is 10.4 Å². The monoisotopic (exact) mass is 261 g/mol. The van der Waals surface area contributed by atoms with Gasteiger partial charge in [0, 0.05) is 18.5 Å². The van der Waals surface area contributed by atoms with Crippen LogP contribution in [0.4, 0.5) is 0 Å². The predicted octanol–water partition coefficient (Wildman–Crippen LogP) is 1.36. The van der Waals surface area contributed by atoms with Crippen LogP contribution in [0.2, 0.25) is 0 Å². The summed E-state index contributed by atoms with van der Waals surface area (Å²) >= 11 is 1.11. The zero-order chi connectivity index (χ0) is 12.3. The molecule has 1 rings (SSSR count). The molecule has 0 aromatic carbocycles. The normalized spacial score (nSPS) is 12.0. The molecule has 0 bridgehead atoms. The van der Waals surface area contributed by atoms with Crippen molar-refractivity contribution in [2.45, 2.75) is 17.7 Å². The maximum absolute atomic E-state index is 12.0. The lowest BCUT2D eigenvalue weighted by Gasteiger charge is -2.13. The third kappa shape index (κ3) is 2.52. The number of nitrogens with zero attached hydrogens (tertiary/aromatic N) is 1. The molecule has 6 heteroatoms. The number of aliphatic hydroxyl groups is 1. The highest BCUT2D eigenvalue weighted by molar-refractivity contribution is 7.91. The summed E-state index contributed by atoms with van der Waals surface area (Å²) in [5.74, 6) is 0. The van der Waals surface area contributed by atoms with Crippen LogP contribution in [-0.2, 0) is 16.6 Å². The number of sulfonamides is 1. The van der Waals surface area contributed by atoms with Crippen LogP contribution in [0.25, 0.3) is 0 Å². The van der Waals surface area contributed by atoms with Gasteiger partial charge in [-0.2, -0.15) is 4.31 Å². The first-order valence-electron chi connectivity index (χ1n) is 4.71. The summed E-state index contributed by atoms with van der Waals surface area (Å²) in [5, 5.41) is 9.03. The molecule has 1 N–H and O–H groups in total. The van der Waals surface area contributed by atoms with Crippen molar-refractivity contribution in [3.8, 4) is 0 Å². The fraction of sp³-hybridized carbons (Fsp3) is 0.400. The van der Waals surface area contributed by atoms with Gasteiger partial charge in [-0.1, -0.05) is 6.08 Å². The van der Waals surface area contributed by atoms with E-state index in [4.69, 9.17) is 5.11 Å². The third-order valence-electron chi connectivity index (χ3n) is 2.19. The minimum absolute atomic E-state index is 0.128. The molecule has 0 radical (unpaired) electrons. The molecular weight excluding hydrogens is 246 g/mol. The Bertz CT molecular complexity index is 476. The fourth-order valence-corrected chi connectivity index (χ4v) is 4.01. The Kier molecular flexibility index (Phi) is 4.26. The first kappa shape index (κ1) is 13.4. The minimum Gasteiger partial charge on any atom is -0.391 e. The Morgan fingerprint density at radius 2 is 2.25 bits per heavy atom. The number of rotatable bonds is 5. The first-order chi connectivity index (χ1) is 7.43. The Balaban J connectivity index is 3.12. The smallest absolute Gasteiger partial charge is 0.252 e. The summed E-state index contributed by atoms with van der Waals surface area (Å²) in [6, 6.07) is 1.59. The summed E-state index contributed by atoms with van der Waals surface area (Å²) in [6.45, 7) is 5.43. The van der Waals surface area contributed by atoms with Crippen LogP contribution in [0.3, 0.4) is 0 Å². The molecule has 0 atom stereocenters. The molecule has 0 spiro atoms. The van der Waals surface area contributed by atoms with Crippen LogP contribution in [-0.4, -0.2) is 31.4 Å². The molecule has 1 aromatic rings. The quantitative estimate of drug-likeness (QED) is 0.814. The van der Waals surface area contributed by atoms with Gasteiger partial charge in [0.05, 0.1) is 6.61 Å². The second kappa shape index (κ2) is 5.09. The molecule has 4 nitrogen and oxygen atoms in total. The van der Waals surface area contributed by atoms with Crippen molar-refractivity contribution in [3.05, 3.63) is 29.2 Å². The van der Waals surface area contributed by atoms with E-state index in [2.05, 4.69) is 6.58 Å². The second-order valence-corrected chi connectivity index (χ2v) is 6.81. The number of hydrogen-bond donors (Lipinski definition) is 1. The highest BCUT2D eigenvalue weighted by Crippen LogP contribution is 2.27. The maximum Gasteiger partial charge on any atom is 0.252 e. The molecule has 1 heterocycles. The third-order valence-corrected chi connectivity index (χ3v) is 5.69. The minimum atomic E-state index is -3.44. The standard InChI is InChI=1S/C10H15NO3S2/c1-4-5-11(3)16(13,14)10-6-8(2)9(7-12)15-10/h4,6,12H,1,5,7H2,2-3H3. The van der Waals surface area contributed by atoms with Gasteiger partial charge in [0.25, 0.3) is 10.0 Å². The van der Waals surface area contributed by atoms with E-state index in [1.165, 1.54) is 17.4 Å². The lowest BCUT2D eigenvalue weighted by molar-refractivity contribution is 0.285. The second-order valence-electron chi connectivity index (χ2n) is 3.40. The first-order valence-corrected chi connectivity index (χ1v) is 6.96. The van der Waals surface area contributed by atoms with E-state index in [1.807, 2.05) is 0 Å². The van der Waals surface area contributed by atoms with Gasteiger partial charge in [-0.15, -0.1) is 17.9 Å². The summed E-state index contributed by atoms with van der Waals surface area (Å²) in [4.78, 5) is 0.686. The maximum atomic E-state index is 12.0. The van der Waals surface area contributed by atoms with Crippen molar-refractivity contribution in [1.29, 1.82) is 0 Å². The number of likely N-dealkylation sites (N-methyl/N-ethyl adjacent to an activating group) is 1. The summed E-state index contributed by atoms with van der Waals surface area (Å²) in [5.41, 5.74) is 0.804. The topological polar surface area (TPSA) is 57.6 Å². The van der Waals surface area contributed by atoms with Gasteiger partial charge in [0.1, 0.15) is 4.21 Å². The lowest BCUT2D eigenvalue weighted by Crippen LogP contribution is -2.26. The number of hydrogen-bond acceptors (Lipinski definition) is 4. The SMILES string of the molecule is C=CCN(C)S(=O)(=O)c1cc(C)c(CO)s1. The largest absolute Gasteiger partial charge is 0.391 e. The Hall–Kier alpha value is -0.690. The molecule has 90 valence electrons. The van der Waals surface area contributed by atoms with Gasteiger partial charge >= 0.3 is 0 Å². The van der Waals surface area contributed by atoms with Crippen molar-refractivity contribution in [2.24, 2.45) is 0 Å². The molecule has 16 heavy (non-hydrogen) atoms. The van der Waals surface area contributed by atoms with Crippen molar-refractivity contribution < 1.29 is 13.5 Å². The van der Waals surface area contributed by atoms with Crippen molar-refractivity contribution >= 4 is 21.4 Å². The zero-order valence-corrected chi connectivity index (χ0v) is 10.9. The van der Waals surface area contributed by atoms with Crippen LogP contribution in [0.15, 0.2) is 22.9 Å². The van der Waals surface area contributed by atoms with Gasteiger partial charge in [0.15, 0.2) is 0 Å². The molecule has 1 aromatic heterocycles. The van der Waals surface area contributed by atoms with Crippen molar-refractivity contribution in [2.75, 3.05) is 13.6 Å². The summed E-state index contributed by atoms with van der Waals surface area (Å²) in [7, 11) is -1.94. The number of aliphatic hydroxyl groups excluding tert-OH is 1. The molecule has 0 saturated carbocycles. The van der Waals surface area contributed by atoms with E-state index < -0.39 is 10.0 Å². The van der Waals surface area contributed by atoms with Crippen LogP contribution >= 0.6 is 11.3 Å². The van der Waals surface area contributed by atoms with Crippen molar-refractivity contribution in [3.63, 3.8) is 0 Å². The molecular formula is C10H15NO3S2. The van der Waals surface area contributed by atoms with E-state index >= 15 is 0 Å². The average molecular weight is 261 g/mol. The lowest BCUT2D eigenvalue weighted by atomic mass is 10.3. The van der Waals surface area contributed by atoms with E-state index in [9.17, 15) is 8.42 Å². The highest BCUT2D eigenvalue weighted by Gasteiger charge is 2.22. The zero-order valence-electron chi connectivity index (χ0n) is 9.30. The van der Waals surface area contributed by atoms with Gasteiger partial charge in [-0.25, -0.2) is 8.42 Å². The van der Waals surface area contributed by atoms with Gasteiger partial charge in [-0.05, 0) is 18.6 Å². The number of thiophene rings is 1. The van der Waals surface area contributed by atoms with Crippen LogP contribution in [0.5, 0.6) is 0 Å². The fourth-order valence-electron chi connectivity index (χ4n) is 1.21. The van der Waals surface area contributed by atoms with Gasteiger partial charge in [0.2, 0.25) is 0 Å². The van der Waals surface area contributed by atoms with E-state index in [-0.39, 0.29) is 17.4 Å². The average Bonchev–Trinajstić information content (AvgIpc) is 2.60. The molecule has 0 saturated heterocycles. The van der Waals surface area contributed by atoms with Crippen LogP contribution in [0, 0.1) is 6.92 Å². The molecule has 0 aliphatic rings. The predicted molar refractivity (Wildman–Crippen MR) is 65.0 cm³/mol. The molecule has 0 unspecified atom stereocenters. The Morgan fingerprint density at radius 1 is 1.62 bits per heavy atom. The van der Waals surface area contributed by atoms with E-state index in [0.717, 1.165) is 16.9 Å². The summed E-state index contributed by atoms with van der Waals surface area (Å²) < 4.78 is 25.5. The number of aryl methyl sites for hydroxylation is 1. The Labute approximate surface area is 99.9 Å². The molecule has 0 amide bonds. The molecule has 0 fully saturated rings. The van der Waals surface area contributed by atoms with Gasteiger partial charge in [-0.3, -0.25) is 0 Å². The van der Waals surface area contributed by atoms with E-state index in [0.29, 0.717) is 4.88 Å². The molecule has 0 aliphatic heterocycles. The van der Waals surface area contributed by atoms with Crippen LogP contribution < -0.4 is 0 Å². The summed E-state index contributed by atoms with van der Waals surface area (Å²) in [6.07, 6.45) is 1.53. The van der Waals surface area contributed by atoms with Gasteiger partial charge < -0.3 is 5.11 Å². The van der Waals surface area contributed by atoms with Crippen molar-refractivity contribution in [1.82, 2.24) is 4.31 Å². The molecule has 0 aliphatic carbocycles. The highest BCUT2D eigenvalue weighted by atomic mass is 32.2. The Morgan fingerprint density at radius 3 is 2.69 bits per heavy atom. The van der Waals surface area contributed by atoms with E-state index in [1.54, 1.807) is 13.0 Å².